The van der Waals surface area contributed by atoms with Crippen molar-refractivity contribution in [1.29, 1.82) is 5.26 Å². The quantitative estimate of drug-likeness (QED) is 0.846. The summed E-state index contributed by atoms with van der Waals surface area (Å²) in [5.74, 6) is 0.790. The van der Waals surface area contributed by atoms with Crippen molar-refractivity contribution < 1.29 is 9.53 Å². The Bertz CT molecular complexity index is 513. The van der Waals surface area contributed by atoms with E-state index in [1.165, 1.54) is 0 Å². The Morgan fingerprint density at radius 2 is 1.90 bits per heavy atom. The zero-order valence-corrected chi connectivity index (χ0v) is 12.6. The van der Waals surface area contributed by atoms with Gasteiger partial charge in [-0.15, -0.1) is 0 Å². The molecule has 1 aliphatic heterocycles. The van der Waals surface area contributed by atoms with E-state index >= 15 is 0 Å². The minimum atomic E-state index is -0.0387. The number of hydrogen-bond donors (Lipinski definition) is 0. The molecule has 1 atom stereocenters. The number of hydrogen-bond acceptors (Lipinski definition) is 4. The number of nitriles is 1. The second-order valence-corrected chi connectivity index (χ2v) is 5.11. The molecular weight excluding hydrogens is 266 g/mol. The number of ether oxygens (including phenoxy) is 1. The third kappa shape index (κ3) is 3.53. The summed E-state index contributed by atoms with van der Waals surface area (Å²) < 4.78 is 5.10. The van der Waals surface area contributed by atoms with Crippen molar-refractivity contribution in [2.45, 2.75) is 19.4 Å². The summed E-state index contributed by atoms with van der Waals surface area (Å²) in [5.41, 5.74) is 0.677. The van der Waals surface area contributed by atoms with E-state index in [0.717, 1.165) is 25.3 Å². The van der Waals surface area contributed by atoms with Crippen molar-refractivity contribution in [1.82, 2.24) is 9.80 Å². The van der Waals surface area contributed by atoms with Crippen LogP contribution in [0.3, 0.4) is 0 Å². The fourth-order valence-electron chi connectivity index (χ4n) is 2.58. The molecule has 1 fully saturated rings. The highest BCUT2D eigenvalue weighted by molar-refractivity contribution is 5.94. The first-order valence-electron chi connectivity index (χ1n) is 7.26. The molecule has 1 aromatic rings. The molecule has 1 amide bonds. The van der Waals surface area contributed by atoms with Gasteiger partial charge in [0.15, 0.2) is 0 Å². The molecule has 0 aromatic heterocycles. The smallest absolute Gasteiger partial charge is 0.253 e. The molecule has 0 N–H and O–H groups in total. The van der Waals surface area contributed by atoms with Crippen LogP contribution in [0.1, 0.15) is 23.7 Å². The van der Waals surface area contributed by atoms with E-state index in [9.17, 15) is 4.79 Å². The molecule has 1 aromatic carbocycles. The second-order valence-electron chi connectivity index (χ2n) is 5.11. The van der Waals surface area contributed by atoms with Gasteiger partial charge in [0.1, 0.15) is 5.75 Å². The Labute approximate surface area is 125 Å². The molecule has 0 bridgehead atoms. The first-order chi connectivity index (χ1) is 10.2. The normalized spacial score (nSPS) is 17.1. The molecule has 0 aliphatic carbocycles. The summed E-state index contributed by atoms with van der Waals surface area (Å²) in [6.45, 7) is 4.87. The van der Waals surface area contributed by atoms with Crippen molar-refractivity contribution in [3.8, 4) is 11.8 Å². The lowest BCUT2D eigenvalue weighted by molar-refractivity contribution is 0.0604. The van der Waals surface area contributed by atoms with Crippen LogP contribution in [0.25, 0.3) is 0 Å². The van der Waals surface area contributed by atoms with Crippen LogP contribution in [0.5, 0.6) is 5.75 Å². The fourth-order valence-corrected chi connectivity index (χ4v) is 2.58. The zero-order valence-electron chi connectivity index (χ0n) is 12.6. The standard InChI is InChI=1S/C16H21N3O2/c1-3-14(12-17)18-8-10-19(11-9-18)16(20)13-4-6-15(21-2)7-5-13/h4-7,14H,3,8-11H2,1-2H3. The van der Waals surface area contributed by atoms with Crippen LogP contribution >= 0.6 is 0 Å². The van der Waals surface area contributed by atoms with E-state index in [1.54, 1.807) is 31.4 Å². The second kappa shape index (κ2) is 7.09. The Kier molecular flexibility index (Phi) is 5.18. The molecule has 1 aliphatic rings. The minimum Gasteiger partial charge on any atom is -0.497 e. The van der Waals surface area contributed by atoms with E-state index in [4.69, 9.17) is 10.00 Å². The largest absolute Gasteiger partial charge is 0.497 e. The number of benzene rings is 1. The van der Waals surface area contributed by atoms with Crippen LogP contribution in [0.4, 0.5) is 0 Å². The van der Waals surface area contributed by atoms with Crippen LogP contribution in [0, 0.1) is 11.3 Å². The van der Waals surface area contributed by atoms with Crippen molar-refractivity contribution in [2.24, 2.45) is 0 Å². The molecule has 2 rings (SSSR count). The van der Waals surface area contributed by atoms with Gasteiger partial charge in [0.25, 0.3) is 5.91 Å². The number of nitrogens with zero attached hydrogens (tertiary/aromatic N) is 3. The third-order valence-corrected chi connectivity index (χ3v) is 3.91. The number of rotatable bonds is 4. The Morgan fingerprint density at radius 3 is 2.38 bits per heavy atom. The molecule has 0 radical (unpaired) electrons. The topological polar surface area (TPSA) is 56.6 Å². The Hall–Kier alpha value is -2.06. The van der Waals surface area contributed by atoms with Crippen molar-refractivity contribution in [3.63, 3.8) is 0 Å². The first-order valence-corrected chi connectivity index (χ1v) is 7.26. The van der Waals surface area contributed by atoms with Gasteiger partial charge >= 0.3 is 0 Å². The first kappa shape index (κ1) is 15.3. The van der Waals surface area contributed by atoms with Crippen LogP contribution < -0.4 is 4.74 Å². The van der Waals surface area contributed by atoms with Gasteiger partial charge in [-0.2, -0.15) is 5.26 Å². The SMILES string of the molecule is CCC(C#N)N1CCN(C(=O)c2ccc(OC)cc2)CC1. The molecule has 5 nitrogen and oxygen atoms in total. The van der Waals surface area contributed by atoms with Gasteiger partial charge in [0.05, 0.1) is 19.2 Å². The highest BCUT2D eigenvalue weighted by Gasteiger charge is 2.25. The van der Waals surface area contributed by atoms with E-state index in [0.29, 0.717) is 18.7 Å². The van der Waals surface area contributed by atoms with E-state index in [1.807, 2.05) is 11.8 Å². The number of piperazine rings is 1. The highest BCUT2D eigenvalue weighted by atomic mass is 16.5. The minimum absolute atomic E-state index is 0.0387. The van der Waals surface area contributed by atoms with Gasteiger partial charge < -0.3 is 9.64 Å². The maximum atomic E-state index is 12.4. The van der Waals surface area contributed by atoms with Gasteiger partial charge in [0.2, 0.25) is 0 Å². The van der Waals surface area contributed by atoms with Crippen LogP contribution in [0.2, 0.25) is 0 Å². The van der Waals surface area contributed by atoms with Gasteiger partial charge in [-0.3, -0.25) is 9.69 Å². The molecule has 1 heterocycles. The van der Waals surface area contributed by atoms with Crippen molar-refractivity contribution in [3.05, 3.63) is 29.8 Å². The summed E-state index contributed by atoms with van der Waals surface area (Å²) in [5, 5.41) is 9.10. The molecule has 21 heavy (non-hydrogen) atoms. The maximum absolute atomic E-state index is 12.4. The molecule has 112 valence electrons. The van der Waals surface area contributed by atoms with Crippen LogP contribution in [0.15, 0.2) is 24.3 Å². The van der Waals surface area contributed by atoms with E-state index in [-0.39, 0.29) is 11.9 Å². The van der Waals surface area contributed by atoms with E-state index < -0.39 is 0 Å². The predicted octanol–water partition coefficient (Wildman–Crippen LogP) is 1.76. The summed E-state index contributed by atoms with van der Waals surface area (Å²) >= 11 is 0. The Balaban J connectivity index is 1.95. The molecule has 0 saturated carbocycles. The Morgan fingerprint density at radius 1 is 1.29 bits per heavy atom. The van der Waals surface area contributed by atoms with Gasteiger partial charge in [-0.25, -0.2) is 0 Å². The molecule has 0 spiro atoms. The van der Waals surface area contributed by atoms with Crippen molar-refractivity contribution >= 4 is 5.91 Å². The van der Waals surface area contributed by atoms with Gasteiger partial charge in [0, 0.05) is 31.7 Å². The molecule has 1 saturated heterocycles. The van der Waals surface area contributed by atoms with Gasteiger partial charge in [-0.05, 0) is 30.7 Å². The lowest BCUT2D eigenvalue weighted by Gasteiger charge is -2.36. The zero-order chi connectivity index (χ0) is 15.2. The maximum Gasteiger partial charge on any atom is 0.253 e. The van der Waals surface area contributed by atoms with Gasteiger partial charge in [-0.1, -0.05) is 6.92 Å². The summed E-state index contributed by atoms with van der Waals surface area (Å²) in [6, 6.07) is 9.45. The number of amides is 1. The monoisotopic (exact) mass is 287 g/mol. The number of carbonyl (C=O) groups excluding carboxylic acids is 1. The number of methoxy groups -OCH3 is 1. The van der Waals surface area contributed by atoms with Crippen molar-refractivity contribution in [2.75, 3.05) is 33.3 Å². The lowest BCUT2D eigenvalue weighted by atomic mass is 10.1. The average Bonchev–Trinajstić information content (AvgIpc) is 2.56. The molecular formula is C16H21N3O2. The third-order valence-electron chi connectivity index (χ3n) is 3.91. The predicted molar refractivity (Wildman–Crippen MR) is 80.2 cm³/mol. The van der Waals surface area contributed by atoms with Crippen LogP contribution in [-0.2, 0) is 0 Å². The lowest BCUT2D eigenvalue weighted by Crippen LogP contribution is -2.51. The summed E-state index contributed by atoms with van der Waals surface area (Å²) in [4.78, 5) is 16.4. The fraction of sp³-hybridized carbons (Fsp3) is 0.500. The molecule has 1 unspecified atom stereocenters. The van der Waals surface area contributed by atoms with E-state index in [2.05, 4.69) is 11.0 Å². The highest BCUT2D eigenvalue weighted by Crippen LogP contribution is 2.15. The average molecular weight is 287 g/mol. The summed E-state index contributed by atoms with van der Waals surface area (Å²) in [6.07, 6.45) is 0.822. The van der Waals surface area contributed by atoms with Crippen LogP contribution in [-0.4, -0.2) is 55.0 Å². The summed E-state index contributed by atoms with van der Waals surface area (Å²) in [7, 11) is 1.61. The molecule has 5 heteroatoms. The number of carbonyl (C=O) groups is 1.